The van der Waals surface area contributed by atoms with Gasteiger partial charge in [-0.1, -0.05) is 60.7 Å². The Morgan fingerprint density at radius 2 is 0.772 bits per heavy atom. The lowest BCUT2D eigenvalue weighted by Gasteiger charge is -2.15. The molecule has 286 valence electrons. The zero-order valence-electron chi connectivity index (χ0n) is 30.6. The molecule has 8 aromatic rings. The van der Waals surface area contributed by atoms with Gasteiger partial charge in [-0.05, 0) is 104 Å². The van der Waals surface area contributed by atoms with Crippen LogP contribution in [0.1, 0.15) is 22.3 Å². The zero-order chi connectivity index (χ0) is 38.2. The molecule has 9 rings (SSSR count). The van der Waals surface area contributed by atoms with Crippen molar-refractivity contribution in [2.45, 2.75) is 0 Å². The summed E-state index contributed by atoms with van der Waals surface area (Å²) in [5.41, 5.74) is 4.42. The van der Waals surface area contributed by atoms with E-state index in [0.717, 1.165) is 11.1 Å². The van der Waals surface area contributed by atoms with Gasteiger partial charge in [0, 0.05) is 29.3 Å². The average molecular weight is 861 g/mol. The minimum absolute atomic E-state index is 0.321. The summed E-state index contributed by atoms with van der Waals surface area (Å²) < 4.78 is 30.8. The Balaban J connectivity index is 0.928. The van der Waals surface area contributed by atoms with Gasteiger partial charge in [0.05, 0.1) is 23.0 Å². The number of hydrogen-bond donors (Lipinski definition) is 0. The number of fused-ring (bicyclic) bond motifs is 2. The van der Waals surface area contributed by atoms with Gasteiger partial charge in [0.2, 0.25) is 0 Å². The van der Waals surface area contributed by atoms with Crippen molar-refractivity contribution < 1.29 is 23.7 Å². The molecule has 5 nitrogen and oxygen atoms in total. The number of thiophene rings is 6. The number of rotatable bonds is 8. The fourth-order valence-electron chi connectivity index (χ4n) is 6.26. The molecule has 0 fully saturated rings. The van der Waals surface area contributed by atoms with Gasteiger partial charge in [-0.15, -0.1) is 68.0 Å². The van der Waals surface area contributed by atoms with Gasteiger partial charge in [0.15, 0.2) is 23.0 Å². The molecule has 57 heavy (non-hydrogen) atoms. The molecule has 7 heterocycles. The van der Waals surface area contributed by atoms with Crippen LogP contribution < -0.4 is 18.9 Å². The topological polar surface area (TPSA) is 46.2 Å². The fourth-order valence-corrected chi connectivity index (χ4v) is 12.0. The Hall–Kier alpha value is -4.72. The van der Waals surface area contributed by atoms with Gasteiger partial charge >= 0.3 is 0 Å². The lowest BCUT2D eigenvalue weighted by molar-refractivity contribution is 0.0754. The Morgan fingerprint density at radius 1 is 0.368 bits per heavy atom. The van der Waals surface area contributed by atoms with E-state index in [0.29, 0.717) is 62.6 Å². The van der Waals surface area contributed by atoms with Crippen molar-refractivity contribution in [3.63, 3.8) is 0 Å². The van der Waals surface area contributed by atoms with E-state index in [4.69, 9.17) is 23.7 Å². The number of benzene rings is 2. The minimum atomic E-state index is 0.321. The van der Waals surface area contributed by atoms with Crippen molar-refractivity contribution in [3.05, 3.63) is 141 Å². The Labute approximate surface area is 356 Å². The van der Waals surface area contributed by atoms with Crippen molar-refractivity contribution in [2.24, 2.45) is 0 Å². The van der Waals surface area contributed by atoms with E-state index in [1.807, 2.05) is 46.9 Å². The van der Waals surface area contributed by atoms with Gasteiger partial charge < -0.3 is 23.7 Å². The molecule has 0 spiro atoms. The molecular weight excluding hydrogens is 825 g/mol. The molecular formula is C46H36O5S6. The second kappa shape index (κ2) is 18.3. The van der Waals surface area contributed by atoms with Crippen LogP contribution in [0.15, 0.2) is 119 Å². The summed E-state index contributed by atoms with van der Waals surface area (Å²) >= 11 is 10.7. The predicted molar refractivity (Wildman–Crippen MR) is 245 cm³/mol. The van der Waals surface area contributed by atoms with Crippen molar-refractivity contribution in [3.8, 4) is 62.0 Å². The van der Waals surface area contributed by atoms with Gasteiger partial charge in [-0.3, -0.25) is 0 Å². The summed E-state index contributed by atoms with van der Waals surface area (Å²) in [7, 11) is 0. The quantitative estimate of drug-likeness (QED) is 0.152. The van der Waals surface area contributed by atoms with E-state index in [1.165, 1.54) is 50.1 Å². The summed E-state index contributed by atoms with van der Waals surface area (Å²) in [6, 6.07) is 33.9. The second-order valence-corrected chi connectivity index (χ2v) is 18.7. The molecule has 0 aliphatic carbocycles. The normalized spacial score (nSPS) is 13.9. The van der Waals surface area contributed by atoms with E-state index in [2.05, 4.69) is 119 Å². The zero-order valence-corrected chi connectivity index (χ0v) is 35.5. The Bertz CT molecular complexity index is 2380. The maximum Gasteiger partial charge on any atom is 0.161 e. The van der Waals surface area contributed by atoms with Crippen LogP contribution in [0.3, 0.4) is 0 Å². The van der Waals surface area contributed by atoms with Crippen molar-refractivity contribution in [2.75, 3.05) is 39.6 Å². The Morgan fingerprint density at radius 3 is 1.19 bits per heavy atom. The highest BCUT2D eigenvalue weighted by molar-refractivity contribution is 7.26. The first-order valence-corrected chi connectivity index (χ1v) is 23.5. The molecule has 0 N–H and O–H groups in total. The van der Waals surface area contributed by atoms with Gasteiger partial charge in [-0.25, -0.2) is 0 Å². The molecule has 1 aliphatic heterocycles. The van der Waals surface area contributed by atoms with Crippen LogP contribution >= 0.6 is 68.0 Å². The maximum atomic E-state index is 6.35. The standard InChI is InChI=1S/C46H36O5S6/c1-5-39(52-23-1)43-29-33(45(56-43)41-7-3-25-54-41)13-9-31-11-15-35-37(27-31)50-21-22-51-38-28-32(12-16-36(38)49-20-18-47-17-19-48-35)10-14-34-30-44(40-6-2-24-53-40)57-46(34)42-8-4-26-55-42/h1-16,23-30H,17-22H2/b13-9+,14-10+. The first-order chi connectivity index (χ1) is 28.2. The molecule has 0 saturated heterocycles. The third-order valence-electron chi connectivity index (χ3n) is 8.95. The lowest BCUT2D eigenvalue weighted by Crippen LogP contribution is -2.12. The van der Waals surface area contributed by atoms with E-state index in [9.17, 15) is 0 Å². The van der Waals surface area contributed by atoms with E-state index in [1.54, 1.807) is 45.3 Å². The van der Waals surface area contributed by atoms with Gasteiger partial charge in [-0.2, -0.15) is 0 Å². The van der Waals surface area contributed by atoms with E-state index < -0.39 is 0 Å². The van der Waals surface area contributed by atoms with Crippen LogP contribution in [0.25, 0.3) is 63.3 Å². The molecule has 0 bridgehead atoms. The van der Waals surface area contributed by atoms with E-state index in [-0.39, 0.29) is 0 Å². The number of ether oxygens (including phenoxy) is 5. The summed E-state index contributed by atoms with van der Waals surface area (Å²) in [6.07, 6.45) is 8.67. The summed E-state index contributed by atoms with van der Waals surface area (Å²) in [5.74, 6) is 2.65. The average Bonchev–Trinajstić information content (AvgIpc) is 4.07. The highest BCUT2D eigenvalue weighted by Crippen LogP contribution is 2.44. The van der Waals surface area contributed by atoms with Gasteiger partial charge in [0.1, 0.15) is 26.4 Å². The van der Waals surface area contributed by atoms with Crippen LogP contribution in [0.5, 0.6) is 23.0 Å². The van der Waals surface area contributed by atoms with Crippen LogP contribution in [0, 0.1) is 0 Å². The summed E-state index contributed by atoms with van der Waals surface area (Å²) in [5, 5.41) is 8.52. The van der Waals surface area contributed by atoms with Crippen molar-refractivity contribution >= 4 is 92.3 Å². The third kappa shape index (κ3) is 9.21. The molecule has 1 aliphatic rings. The molecule has 0 amide bonds. The summed E-state index contributed by atoms with van der Waals surface area (Å²) in [6.45, 7) is 2.29. The number of hydrogen-bond acceptors (Lipinski definition) is 11. The van der Waals surface area contributed by atoms with Crippen molar-refractivity contribution in [1.82, 2.24) is 0 Å². The smallest absolute Gasteiger partial charge is 0.161 e. The summed E-state index contributed by atoms with van der Waals surface area (Å²) in [4.78, 5) is 10.2. The van der Waals surface area contributed by atoms with Crippen LogP contribution in [0.4, 0.5) is 0 Å². The van der Waals surface area contributed by atoms with E-state index >= 15 is 0 Å². The van der Waals surface area contributed by atoms with Crippen molar-refractivity contribution in [1.29, 1.82) is 0 Å². The SMILES string of the molecule is C(=C\c1cc(-c2cccs2)sc1-c1cccs1)/c1ccc2c(c1)OCCOc1cc(/C=C/c3cc(-c4cccs4)sc3-c3cccs3)ccc1OCCOCCO2. The lowest BCUT2D eigenvalue weighted by atomic mass is 10.1. The maximum absolute atomic E-state index is 6.35. The molecule has 11 heteroatoms. The minimum Gasteiger partial charge on any atom is -0.487 e. The molecule has 6 aromatic heterocycles. The molecule has 0 unspecified atom stereocenters. The third-order valence-corrected chi connectivity index (χ3v) is 15.5. The largest absolute Gasteiger partial charge is 0.487 e. The van der Waals surface area contributed by atoms with Crippen LogP contribution in [-0.2, 0) is 4.74 Å². The molecule has 0 radical (unpaired) electrons. The first-order valence-electron chi connectivity index (χ1n) is 18.4. The molecule has 0 atom stereocenters. The van der Waals surface area contributed by atoms with Gasteiger partial charge in [0.25, 0.3) is 0 Å². The first kappa shape index (κ1) is 37.8. The predicted octanol–water partition coefficient (Wildman–Crippen LogP) is 14.3. The Kier molecular flexibility index (Phi) is 12.1. The monoisotopic (exact) mass is 860 g/mol. The fraction of sp³-hybridized carbons (Fsp3) is 0.130. The molecule has 0 saturated carbocycles. The molecule has 2 aromatic carbocycles. The second-order valence-electron chi connectivity index (χ2n) is 12.8. The van der Waals surface area contributed by atoms with Crippen LogP contribution in [0.2, 0.25) is 0 Å². The highest BCUT2D eigenvalue weighted by atomic mass is 32.1. The highest BCUT2D eigenvalue weighted by Gasteiger charge is 2.15. The van der Waals surface area contributed by atoms with Crippen LogP contribution in [-0.4, -0.2) is 39.6 Å².